The Morgan fingerprint density at radius 1 is 1.54 bits per heavy atom. The maximum Gasteiger partial charge on any atom is 0.319 e. The SMILES string of the molecule is CNCCO[PH](=O)OCC(O)CO. The fraction of sp³-hybridized carbons (Fsp3) is 1.00. The molecule has 0 aliphatic carbocycles. The van der Waals surface area contributed by atoms with Crippen molar-refractivity contribution in [2.24, 2.45) is 0 Å². The van der Waals surface area contributed by atoms with E-state index in [1.54, 1.807) is 7.05 Å². The molecule has 3 N–H and O–H groups in total. The quantitative estimate of drug-likeness (QED) is 0.353. The second-order valence-electron chi connectivity index (χ2n) is 2.35. The molecule has 6 nitrogen and oxygen atoms in total. The number of rotatable bonds is 8. The van der Waals surface area contributed by atoms with E-state index in [0.717, 1.165) is 0 Å². The first-order chi connectivity index (χ1) is 6.20. The third-order valence-corrected chi connectivity index (χ3v) is 2.02. The van der Waals surface area contributed by atoms with Crippen molar-refractivity contribution < 1.29 is 23.8 Å². The van der Waals surface area contributed by atoms with Gasteiger partial charge in [-0.3, -0.25) is 4.57 Å². The highest BCUT2D eigenvalue weighted by molar-refractivity contribution is 7.33. The second kappa shape index (κ2) is 8.62. The van der Waals surface area contributed by atoms with Crippen LogP contribution < -0.4 is 5.32 Å². The molecule has 0 aromatic carbocycles. The van der Waals surface area contributed by atoms with Crippen molar-refractivity contribution in [2.45, 2.75) is 6.10 Å². The molecule has 0 heterocycles. The average Bonchev–Trinajstić information content (AvgIpc) is 2.14. The average molecular weight is 213 g/mol. The van der Waals surface area contributed by atoms with Crippen LogP contribution in [0, 0.1) is 0 Å². The Bertz CT molecular complexity index is 145. The van der Waals surface area contributed by atoms with Crippen molar-refractivity contribution in [3.63, 3.8) is 0 Å². The van der Waals surface area contributed by atoms with Gasteiger partial charge in [-0.15, -0.1) is 0 Å². The number of hydrogen-bond donors (Lipinski definition) is 3. The van der Waals surface area contributed by atoms with Gasteiger partial charge < -0.3 is 24.6 Å². The van der Waals surface area contributed by atoms with E-state index in [1.807, 2.05) is 0 Å². The molecular weight excluding hydrogens is 197 g/mol. The molecule has 0 amide bonds. The molecule has 80 valence electrons. The molecule has 2 unspecified atom stereocenters. The summed E-state index contributed by atoms with van der Waals surface area (Å²) in [5.41, 5.74) is 0. The first-order valence-corrected chi connectivity index (χ1v) is 5.16. The number of likely N-dealkylation sites (N-methyl/N-ethyl adjacent to an activating group) is 1. The zero-order valence-electron chi connectivity index (χ0n) is 7.52. The Labute approximate surface area is 77.8 Å². The van der Waals surface area contributed by atoms with Crippen molar-refractivity contribution in [3.8, 4) is 0 Å². The van der Waals surface area contributed by atoms with Crippen molar-refractivity contribution in [1.82, 2.24) is 5.32 Å². The molecule has 0 aromatic heterocycles. The highest BCUT2D eigenvalue weighted by atomic mass is 31.1. The minimum Gasteiger partial charge on any atom is -0.394 e. The lowest BCUT2D eigenvalue weighted by molar-refractivity contribution is 0.0499. The van der Waals surface area contributed by atoms with E-state index in [1.165, 1.54) is 0 Å². The third kappa shape index (κ3) is 8.36. The van der Waals surface area contributed by atoms with E-state index in [9.17, 15) is 4.57 Å². The van der Waals surface area contributed by atoms with E-state index in [4.69, 9.17) is 14.7 Å². The Kier molecular flexibility index (Phi) is 8.64. The maximum atomic E-state index is 10.9. The number of nitrogens with one attached hydrogen (secondary N) is 1. The highest BCUT2D eigenvalue weighted by Gasteiger charge is 2.05. The first kappa shape index (κ1) is 13.0. The van der Waals surface area contributed by atoms with Gasteiger partial charge in [-0.1, -0.05) is 0 Å². The van der Waals surface area contributed by atoms with E-state index in [-0.39, 0.29) is 6.61 Å². The topological polar surface area (TPSA) is 88.0 Å². The van der Waals surface area contributed by atoms with Gasteiger partial charge in [0.25, 0.3) is 0 Å². The number of aliphatic hydroxyl groups is 2. The van der Waals surface area contributed by atoms with Gasteiger partial charge in [0.1, 0.15) is 6.10 Å². The van der Waals surface area contributed by atoms with Crippen LogP contribution in [-0.2, 0) is 13.6 Å². The van der Waals surface area contributed by atoms with E-state index in [2.05, 4.69) is 9.84 Å². The molecule has 13 heavy (non-hydrogen) atoms. The molecular formula is C6H16NO5P. The van der Waals surface area contributed by atoms with Gasteiger partial charge in [-0.05, 0) is 7.05 Å². The Hall–Kier alpha value is 0.0300. The fourth-order valence-electron chi connectivity index (χ4n) is 0.495. The van der Waals surface area contributed by atoms with Crippen LogP contribution in [0.1, 0.15) is 0 Å². The van der Waals surface area contributed by atoms with Crippen LogP contribution in [-0.4, -0.2) is 49.7 Å². The lowest BCUT2D eigenvalue weighted by Gasteiger charge is -2.08. The summed E-state index contributed by atoms with van der Waals surface area (Å²) >= 11 is 0. The summed E-state index contributed by atoms with van der Waals surface area (Å²) in [6, 6.07) is 0. The molecule has 0 rings (SSSR count). The molecule has 7 heteroatoms. The van der Waals surface area contributed by atoms with E-state index < -0.39 is 21.0 Å². The predicted molar refractivity (Wildman–Crippen MR) is 47.9 cm³/mol. The van der Waals surface area contributed by atoms with Crippen molar-refractivity contribution in [2.75, 3.05) is 33.4 Å². The standard InChI is InChI=1S/C6H16NO5P/c1-7-2-3-11-13(10)12-5-6(9)4-8/h6-9,13H,2-5H2,1H3. The fourth-order valence-corrected chi connectivity index (χ4v) is 1.18. The lowest BCUT2D eigenvalue weighted by Crippen LogP contribution is -2.18. The zero-order chi connectivity index (χ0) is 10.1. The molecule has 0 fully saturated rings. The second-order valence-corrected chi connectivity index (χ2v) is 3.43. The molecule has 0 aliphatic heterocycles. The van der Waals surface area contributed by atoms with Crippen molar-refractivity contribution in [3.05, 3.63) is 0 Å². The maximum absolute atomic E-state index is 10.9. The molecule has 0 saturated carbocycles. The summed E-state index contributed by atoms with van der Waals surface area (Å²) in [5, 5.41) is 20.0. The van der Waals surface area contributed by atoms with Gasteiger partial charge >= 0.3 is 8.25 Å². The van der Waals surface area contributed by atoms with Crippen LogP contribution in [0.5, 0.6) is 0 Å². The van der Waals surface area contributed by atoms with Gasteiger partial charge in [0.05, 0.1) is 19.8 Å². The lowest BCUT2D eigenvalue weighted by atomic mass is 10.4. The van der Waals surface area contributed by atoms with Gasteiger partial charge in [0, 0.05) is 6.54 Å². The molecule has 2 atom stereocenters. The van der Waals surface area contributed by atoms with Crippen LogP contribution in [0.4, 0.5) is 0 Å². The predicted octanol–water partition coefficient (Wildman–Crippen LogP) is -1.02. The van der Waals surface area contributed by atoms with Gasteiger partial charge in [-0.25, -0.2) is 0 Å². The van der Waals surface area contributed by atoms with Crippen LogP contribution in [0.3, 0.4) is 0 Å². The summed E-state index contributed by atoms with van der Waals surface area (Å²) in [7, 11) is -0.781. The van der Waals surface area contributed by atoms with E-state index >= 15 is 0 Å². The van der Waals surface area contributed by atoms with Gasteiger partial charge in [0.15, 0.2) is 0 Å². The summed E-state index contributed by atoms with van der Waals surface area (Å²) in [6.45, 7) is 0.297. The summed E-state index contributed by atoms with van der Waals surface area (Å²) in [6.07, 6.45) is -0.998. The summed E-state index contributed by atoms with van der Waals surface area (Å²) < 4.78 is 20.2. The molecule has 0 aliphatic rings. The van der Waals surface area contributed by atoms with Crippen LogP contribution in [0.25, 0.3) is 0 Å². The number of hydrogen-bond acceptors (Lipinski definition) is 6. The zero-order valence-corrected chi connectivity index (χ0v) is 8.52. The Morgan fingerprint density at radius 3 is 2.77 bits per heavy atom. The molecule has 0 radical (unpaired) electrons. The normalized spacial score (nSPS) is 15.6. The largest absolute Gasteiger partial charge is 0.394 e. The smallest absolute Gasteiger partial charge is 0.319 e. The number of aliphatic hydroxyl groups excluding tert-OH is 2. The highest BCUT2D eigenvalue weighted by Crippen LogP contribution is 2.22. The molecule has 0 spiro atoms. The van der Waals surface area contributed by atoms with Gasteiger partial charge in [0.2, 0.25) is 0 Å². The molecule has 0 bridgehead atoms. The summed E-state index contributed by atoms with van der Waals surface area (Å²) in [5.74, 6) is 0. The molecule has 0 saturated heterocycles. The van der Waals surface area contributed by atoms with Crippen molar-refractivity contribution >= 4 is 8.25 Å². The van der Waals surface area contributed by atoms with Crippen molar-refractivity contribution in [1.29, 1.82) is 0 Å². The minimum atomic E-state index is -2.53. The summed E-state index contributed by atoms with van der Waals surface area (Å²) in [4.78, 5) is 0. The van der Waals surface area contributed by atoms with Gasteiger partial charge in [-0.2, -0.15) is 0 Å². The monoisotopic (exact) mass is 213 g/mol. The Balaban J connectivity index is 3.30. The van der Waals surface area contributed by atoms with E-state index in [0.29, 0.717) is 13.2 Å². The molecule has 0 aromatic rings. The van der Waals surface area contributed by atoms with Crippen LogP contribution in [0.2, 0.25) is 0 Å². The van der Waals surface area contributed by atoms with Crippen LogP contribution >= 0.6 is 8.25 Å². The minimum absolute atomic E-state index is 0.173. The first-order valence-electron chi connectivity index (χ1n) is 3.93. The van der Waals surface area contributed by atoms with Crippen LogP contribution in [0.15, 0.2) is 0 Å². The third-order valence-electron chi connectivity index (χ3n) is 1.18. The Morgan fingerprint density at radius 2 is 2.23 bits per heavy atom.